The van der Waals surface area contributed by atoms with E-state index in [-0.39, 0.29) is 6.03 Å². The Morgan fingerprint density at radius 1 is 1.50 bits per heavy atom. The minimum absolute atomic E-state index is 0.387. The van der Waals surface area contributed by atoms with Crippen molar-refractivity contribution in [1.29, 1.82) is 0 Å². The summed E-state index contributed by atoms with van der Waals surface area (Å²) in [6.07, 6.45) is 2.18. The van der Waals surface area contributed by atoms with E-state index in [1.165, 1.54) is 0 Å². The number of carbonyl (C=O) groups is 2. The Bertz CT molecular complexity index is 193. The highest BCUT2D eigenvalue weighted by Crippen LogP contribution is 2.02. The maximum absolute atomic E-state index is 10.9. The maximum atomic E-state index is 10.9. The lowest BCUT2D eigenvalue weighted by molar-refractivity contribution is -0.139. The molecule has 3 N–H and O–H groups in total. The number of urea groups is 1. The number of hydrogen-bond donors (Lipinski definition) is 3. The van der Waals surface area contributed by atoms with Crippen molar-refractivity contribution in [2.24, 2.45) is 0 Å². The van der Waals surface area contributed by atoms with E-state index in [9.17, 15) is 9.59 Å². The first-order chi connectivity index (χ1) is 5.70. The molecule has 1 atom stereocenters. The Morgan fingerprint density at radius 2 is 2.25 bits per heavy atom. The van der Waals surface area contributed by atoms with Crippen molar-refractivity contribution in [3.8, 4) is 0 Å². The molecule has 68 valence electrons. The number of carboxylic acid groups (broad SMARTS) is 1. The minimum Gasteiger partial charge on any atom is -0.480 e. The fourth-order valence-electron chi connectivity index (χ4n) is 1.14. The normalized spacial score (nSPS) is 24.7. The lowest BCUT2D eigenvalue weighted by atomic mass is 10.1. The largest absolute Gasteiger partial charge is 0.480 e. The molecule has 5 heteroatoms. The number of aliphatic carboxylic acids is 1. The Labute approximate surface area is 70.1 Å². The van der Waals surface area contributed by atoms with Gasteiger partial charge in [0.25, 0.3) is 0 Å². The number of hydrogen-bond acceptors (Lipinski definition) is 2. The Kier molecular flexibility index (Phi) is 2.90. The van der Waals surface area contributed by atoms with Gasteiger partial charge in [-0.25, -0.2) is 9.59 Å². The van der Waals surface area contributed by atoms with E-state index < -0.39 is 12.0 Å². The first kappa shape index (κ1) is 8.83. The summed E-state index contributed by atoms with van der Waals surface area (Å²) in [5, 5.41) is 13.6. The van der Waals surface area contributed by atoms with Crippen molar-refractivity contribution >= 4 is 12.0 Å². The van der Waals surface area contributed by atoms with Gasteiger partial charge >= 0.3 is 12.0 Å². The van der Waals surface area contributed by atoms with Crippen molar-refractivity contribution in [3.05, 3.63) is 0 Å². The topological polar surface area (TPSA) is 78.4 Å². The zero-order valence-corrected chi connectivity index (χ0v) is 6.67. The predicted molar refractivity (Wildman–Crippen MR) is 41.8 cm³/mol. The Morgan fingerprint density at radius 3 is 2.92 bits per heavy atom. The summed E-state index contributed by atoms with van der Waals surface area (Å²) >= 11 is 0. The first-order valence-electron chi connectivity index (χ1n) is 3.97. The van der Waals surface area contributed by atoms with Gasteiger partial charge in [-0.05, 0) is 19.3 Å². The molecule has 1 rings (SSSR count). The van der Waals surface area contributed by atoms with Crippen molar-refractivity contribution in [1.82, 2.24) is 10.6 Å². The molecule has 0 aromatic rings. The third-order valence-electron chi connectivity index (χ3n) is 1.81. The molecule has 1 fully saturated rings. The van der Waals surface area contributed by atoms with Gasteiger partial charge in [0.1, 0.15) is 6.04 Å². The van der Waals surface area contributed by atoms with Gasteiger partial charge < -0.3 is 15.7 Å². The minimum atomic E-state index is -0.966. The van der Waals surface area contributed by atoms with Crippen LogP contribution >= 0.6 is 0 Å². The average molecular weight is 172 g/mol. The van der Waals surface area contributed by atoms with Crippen LogP contribution in [-0.2, 0) is 4.79 Å². The lowest BCUT2D eigenvalue weighted by Crippen LogP contribution is -2.47. The molecule has 1 saturated heterocycles. The molecular weight excluding hydrogens is 160 g/mol. The van der Waals surface area contributed by atoms with E-state index in [4.69, 9.17) is 5.11 Å². The van der Waals surface area contributed by atoms with Crippen molar-refractivity contribution in [2.75, 3.05) is 6.54 Å². The van der Waals surface area contributed by atoms with Crippen LogP contribution in [0.1, 0.15) is 19.3 Å². The second kappa shape index (κ2) is 3.94. The van der Waals surface area contributed by atoms with Gasteiger partial charge in [-0.3, -0.25) is 0 Å². The molecule has 0 aromatic carbocycles. The van der Waals surface area contributed by atoms with Gasteiger partial charge in [0.2, 0.25) is 0 Å². The van der Waals surface area contributed by atoms with E-state index in [2.05, 4.69) is 10.6 Å². The van der Waals surface area contributed by atoms with E-state index in [1.54, 1.807) is 0 Å². The van der Waals surface area contributed by atoms with Crippen LogP contribution in [0.25, 0.3) is 0 Å². The number of carbonyl (C=O) groups excluding carboxylic acids is 1. The molecule has 1 heterocycles. The summed E-state index contributed by atoms with van der Waals surface area (Å²) in [5.41, 5.74) is 0. The zero-order valence-electron chi connectivity index (χ0n) is 6.67. The molecule has 2 amide bonds. The van der Waals surface area contributed by atoms with E-state index in [1.807, 2.05) is 0 Å². The van der Waals surface area contributed by atoms with E-state index in [0.29, 0.717) is 13.0 Å². The molecule has 0 aliphatic carbocycles. The average Bonchev–Trinajstić information content (AvgIpc) is 1.95. The quantitative estimate of drug-likeness (QED) is 0.517. The molecule has 12 heavy (non-hydrogen) atoms. The molecule has 0 unspecified atom stereocenters. The maximum Gasteiger partial charge on any atom is 0.326 e. The SMILES string of the molecule is O=C1NCCCC[C@@H](C(=O)O)N1. The van der Waals surface area contributed by atoms with Crippen molar-refractivity contribution in [2.45, 2.75) is 25.3 Å². The zero-order chi connectivity index (χ0) is 8.97. The molecule has 1 aliphatic rings. The first-order valence-corrected chi connectivity index (χ1v) is 3.97. The molecule has 0 spiro atoms. The summed E-state index contributed by atoms with van der Waals surface area (Å²) in [7, 11) is 0. The highest BCUT2D eigenvalue weighted by Gasteiger charge is 2.20. The van der Waals surface area contributed by atoms with Crippen LogP contribution in [0.5, 0.6) is 0 Å². The molecule has 5 nitrogen and oxygen atoms in total. The van der Waals surface area contributed by atoms with Crippen LogP contribution < -0.4 is 10.6 Å². The molecule has 1 aliphatic heterocycles. The third-order valence-corrected chi connectivity index (χ3v) is 1.81. The number of carboxylic acids is 1. The van der Waals surface area contributed by atoms with Crippen LogP contribution in [0.15, 0.2) is 0 Å². The second-order valence-electron chi connectivity index (χ2n) is 2.79. The van der Waals surface area contributed by atoms with Crippen molar-refractivity contribution < 1.29 is 14.7 Å². The Balaban J connectivity index is 2.49. The van der Waals surface area contributed by atoms with Gasteiger partial charge in [0, 0.05) is 6.54 Å². The summed E-state index contributed by atoms with van der Waals surface area (Å²) in [4.78, 5) is 21.4. The van der Waals surface area contributed by atoms with Gasteiger partial charge in [0.05, 0.1) is 0 Å². The predicted octanol–water partition coefficient (Wildman–Crippen LogP) is -0.0773. The third kappa shape index (κ3) is 2.41. The standard InChI is InChI=1S/C7H12N2O3/c10-6(11)5-3-1-2-4-8-7(12)9-5/h5H,1-4H2,(H,10,11)(H2,8,9,12)/t5-/m0/s1. The van der Waals surface area contributed by atoms with Crippen LogP contribution in [0.4, 0.5) is 4.79 Å². The highest BCUT2D eigenvalue weighted by atomic mass is 16.4. The lowest BCUT2D eigenvalue weighted by Gasteiger charge is -2.17. The molecular formula is C7H12N2O3. The van der Waals surface area contributed by atoms with E-state index in [0.717, 1.165) is 12.8 Å². The van der Waals surface area contributed by atoms with Gasteiger partial charge in [-0.2, -0.15) is 0 Å². The van der Waals surface area contributed by atoms with Crippen LogP contribution in [0, 0.1) is 0 Å². The van der Waals surface area contributed by atoms with Crippen LogP contribution in [0.3, 0.4) is 0 Å². The molecule has 0 saturated carbocycles. The van der Waals surface area contributed by atoms with Gasteiger partial charge in [0.15, 0.2) is 0 Å². The van der Waals surface area contributed by atoms with E-state index >= 15 is 0 Å². The summed E-state index contributed by atoms with van der Waals surface area (Å²) < 4.78 is 0. The van der Waals surface area contributed by atoms with Gasteiger partial charge in [-0.1, -0.05) is 0 Å². The van der Waals surface area contributed by atoms with Crippen LogP contribution in [-0.4, -0.2) is 29.7 Å². The number of nitrogens with one attached hydrogen (secondary N) is 2. The Hall–Kier alpha value is -1.26. The van der Waals surface area contributed by atoms with Crippen molar-refractivity contribution in [3.63, 3.8) is 0 Å². The fourth-order valence-corrected chi connectivity index (χ4v) is 1.14. The summed E-state index contributed by atoms with van der Waals surface area (Å²) in [6, 6.07) is -1.12. The number of rotatable bonds is 1. The van der Waals surface area contributed by atoms with Crippen LogP contribution in [0.2, 0.25) is 0 Å². The molecule has 0 bridgehead atoms. The number of amides is 2. The fraction of sp³-hybridized carbons (Fsp3) is 0.714. The monoisotopic (exact) mass is 172 g/mol. The summed E-state index contributed by atoms with van der Waals surface area (Å²) in [5.74, 6) is -0.966. The molecule has 0 aromatic heterocycles. The summed E-state index contributed by atoms with van der Waals surface area (Å²) in [6.45, 7) is 0.623. The second-order valence-corrected chi connectivity index (χ2v) is 2.79. The molecule has 0 radical (unpaired) electrons. The smallest absolute Gasteiger partial charge is 0.326 e. The van der Waals surface area contributed by atoms with Gasteiger partial charge in [-0.15, -0.1) is 0 Å². The highest BCUT2D eigenvalue weighted by molar-refractivity contribution is 5.82.